The molecule has 0 aromatic rings. The number of fused-ring (bicyclic) bond motifs is 9. The van der Waals surface area contributed by atoms with Crippen molar-refractivity contribution in [3.8, 4) is 0 Å². The van der Waals surface area contributed by atoms with Gasteiger partial charge in [0, 0.05) is 20.0 Å². The summed E-state index contributed by atoms with van der Waals surface area (Å²) in [6, 6.07) is 0. The van der Waals surface area contributed by atoms with E-state index in [0.717, 1.165) is 6.42 Å². The van der Waals surface area contributed by atoms with Crippen LogP contribution in [0.1, 0.15) is 19.8 Å². The molecule has 0 aromatic carbocycles. The zero-order valence-electron chi connectivity index (χ0n) is 14.1. The number of ether oxygens (including phenoxy) is 4. The molecule has 0 spiro atoms. The van der Waals surface area contributed by atoms with Crippen molar-refractivity contribution in [2.24, 2.45) is 35.5 Å². The van der Waals surface area contributed by atoms with Gasteiger partial charge in [-0.1, -0.05) is 12.2 Å². The van der Waals surface area contributed by atoms with Gasteiger partial charge < -0.3 is 18.9 Å². The van der Waals surface area contributed by atoms with E-state index in [2.05, 4.69) is 12.2 Å². The van der Waals surface area contributed by atoms with Crippen LogP contribution in [-0.4, -0.2) is 44.7 Å². The molecule has 3 fully saturated rings. The van der Waals surface area contributed by atoms with E-state index in [-0.39, 0.29) is 43.5 Å². The number of esters is 2. The smallest absolute Gasteiger partial charge is 0.314 e. The Labute approximate surface area is 141 Å². The molecule has 0 amide bonds. The van der Waals surface area contributed by atoms with Crippen LogP contribution in [0.25, 0.3) is 0 Å². The molecular weight excluding hydrogens is 312 g/mol. The number of hydrogen-bond donors (Lipinski definition) is 0. The van der Waals surface area contributed by atoms with Crippen molar-refractivity contribution < 1.29 is 28.5 Å². The minimum Gasteiger partial charge on any atom is -0.465 e. The van der Waals surface area contributed by atoms with Gasteiger partial charge in [0.15, 0.2) is 6.79 Å². The van der Waals surface area contributed by atoms with Crippen LogP contribution < -0.4 is 0 Å². The molecule has 6 heteroatoms. The Morgan fingerprint density at radius 1 is 1.17 bits per heavy atom. The van der Waals surface area contributed by atoms with Crippen molar-refractivity contribution in [2.45, 2.75) is 32.0 Å². The molecule has 0 radical (unpaired) electrons. The first-order chi connectivity index (χ1) is 11.6. The topological polar surface area (TPSA) is 71.1 Å². The van der Waals surface area contributed by atoms with Gasteiger partial charge in [0.1, 0.15) is 6.61 Å². The fourth-order valence-corrected chi connectivity index (χ4v) is 5.46. The Morgan fingerprint density at radius 2 is 1.92 bits per heavy atom. The number of carbonyl (C=O) groups is 2. The maximum absolute atomic E-state index is 12.5. The predicted octanol–water partition coefficient (Wildman–Crippen LogP) is 1.54. The van der Waals surface area contributed by atoms with Gasteiger partial charge in [-0.2, -0.15) is 0 Å². The summed E-state index contributed by atoms with van der Waals surface area (Å²) in [6.45, 7) is 1.32. The Kier molecular flexibility index (Phi) is 4.12. The van der Waals surface area contributed by atoms with Gasteiger partial charge in [-0.05, 0) is 36.5 Å². The summed E-state index contributed by atoms with van der Waals surface area (Å²) in [5, 5.41) is 0. The quantitative estimate of drug-likeness (QED) is 0.416. The zero-order valence-corrected chi connectivity index (χ0v) is 14.1. The van der Waals surface area contributed by atoms with E-state index < -0.39 is 5.92 Å². The fourth-order valence-electron chi connectivity index (χ4n) is 5.46. The van der Waals surface area contributed by atoms with Crippen molar-refractivity contribution in [1.82, 2.24) is 0 Å². The minimum absolute atomic E-state index is 0.0488. The lowest BCUT2D eigenvalue weighted by Crippen LogP contribution is -2.43. The van der Waals surface area contributed by atoms with Gasteiger partial charge in [-0.25, -0.2) is 0 Å². The lowest BCUT2D eigenvalue weighted by molar-refractivity contribution is -0.166. The average Bonchev–Trinajstić information content (AvgIpc) is 3.30. The molecule has 4 rings (SSSR count). The number of allylic oxidation sites excluding steroid dienone is 2. The summed E-state index contributed by atoms with van der Waals surface area (Å²) in [7, 11) is 1.47. The molecule has 0 aromatic heterocycles. The third kappa shape index (κ3) is 2.47. The monoisotopic (exact) mass is 336 g/mol. The highest BCUT2D eigenvalue weighted by atomic mass is 16.7. The maximum Gasteiger partial charge on any atom is 0.314 e. The summed E-state index contributed by atoms with van der Waals surface area (Å²) in [5.74, 6) is 1.13. The first kappa shape index (κ1) is 16.1. The van der Waals surface area contributed by atoms with E-state index >= 15 is 0 Å². The molecule has 4 aliphatic rings. The summed E-state index contributed by atoms with van der Waals surface area (Å²) in [6.07, 6.45) is 7.01. The zero-order chi connectivity index (χ0) is 16.8. The van der Waals surface area contributed by atoms with E-state index in [0.29, 0.717) is 23.7 Å². The second kappa shape index (κ2) is 6.15. The number of methoxy groups -OCH3 is 1. The molecule has 2 aliphatic carbocycles. The SMILES string of the molecule is COCOC(=O)C(COC(C)=O)C1CC2OC1C1C3C=CC(C3)C21. The predicted molar refractivity (Wildman–Crippen MR) is 82.6 cm³/mol. The van der Waals surface area contributed by atoms with E-state index in [1.54, 1.807) is 0 Å². The second-order valence-electron chi connectivity index (χ2n) is 7.42. The van der Waals surface area contributed by atoms with Crippen LogP contribution in [0.4, 0.5) is 0 Å². The highest BCUT2D eigenvalue weighted by molar-refractivity contribution is 5.74. The molecule has 6 nitrogen and oxygen atoms in total. The first-order valence-electron chi connectivity index (χ1n) is 8.73. The van der Waals surface area contributed by atoms with Crippen molar-refractivity contribution in [3.05, 3.63) is 12.2 Å². The Hall–Kier alpha value is -1.40. The van der Waals surface area contributed by atoms with Crippen LogP contribution in [0, 0.1) is 35.5 Å². The maximum atomic E-state index is 12.5. The Morgan fingerprint density at radius 3 is 2.62 bits per heavy atom. The van der Waals surface area contributed by atoms with Crippen LogP contribution in [-0.2, 0) is 28.5 Å². The van der Waals surface area contributed by atoms with Gasteiger partial charge in [0.2, 0.25) is 0 Å². The van der Waals surface area contributed by atoms with Gasteiger partial charge in [-0.15, -0.1) is 0 Å². The molecule has 2 saturated heterocycles. The molecule has 2 aliphatic heterocycles. The molecule has 0 N–H and O–H groups in total. The molecule has 1 saturated carbocycles. The van der Waals surface area contributed by atoms with E-state index in [1.165, 1.54) is 20.5 Å². The molecule has 8 atom stereocenters. The van der Waals surface area contributed by atoms with Gasteiger partial charge in [0.05, 0.1) is 18.1 Å². The van der Waals surface area contributed by atoms with Crippen LogP contribution in [0.2, 0.25) is 0 Å². The average molecular weight is 336 g/mol. The third-order valence-electron chi connectivity index (χ3n) is 6.25. The van der Waals surface area contributed by atoms with Crippen molar-refractivity contribution in [3.63, 3.8) is 0 Å². The fraction of sp³-hybridized carbons (Fsp3) is 0.778. The number of hydrogen-bond acceptors (Lipinski definition) is 6. The summed E-state index contributed by atoms with van der Waals surface area (Å²) in [5.41, 5.74) is 0. The molecule has 8 unspecified atom stereocenters. The van der Waals surface area contributed by atoms with E-state index in [9.17, 15) is 9.59 Å². The van der Waals surface area contributed by atoms with Crippen LogP contribution in [0.15, 0.2) is 12.2 Å². The molecule has 24 heavy (non-hydrogen) atoms. The summed E-state index contributed by atoms with van der Waals surface area (Å²) < 4.78 is 21.4. The van der Waals surface area contributed by atoms with Crippen LogP contribution in [0.5, 0.6) is 0 Å². The summed E-state index contributed by atoms with van der Waals surface area (Å²) in [4.78, 5) is 23.7. The molecular formula is C18H24O6. The Balaban J connectivity index is 1.50. The van der Waals surface area contributed by atoms with E-state index in [1.807, 2.05) is 0 Å². The lowest BCUT2D eigenvalue weighted by atomic mass is 9.66. The highest BCUT2D eigenvalue weighted by Crippen LogP contribution is 2.62. The first-order valence-corrected chi connectivity index (χ1v) is 8.73. The van der Waals surface area contributed by atoms with Gasteiger partial charge in [0.25, 0.3) is 0 Å². The number of rotatable bonds is 6. The lowest BCUT2D eigenvalue weighted by Gasteiger charge is -2.36. The largest absolute Gasteiger partial charge is 0.465 e. The van der Waals surface area contributed by atoms with Crippen LogP contribution in [0.3, 0.4) is 0 Å². The summed E-state index contributed by atoms with van der Waals surface area (Å²) >= 11 is 0. The minimum atomic E-state index is -0.483. The molecule has 2 heterocycles. The Bertz CT molecular complexity index is 558. The molecule has 132 valence electrons. The third-order valence-corrected chi connectivity index (χ3v) is 6.25. The second-order valence-corrected chi connectivity index (χ2v) is 7.42. The normalized spacial score (nSPS) is 42.2. The van der Waals surface area contributed by atoms with Gasteiger partial charge in [-0.3, -0.25) is 9.59 Å². The van der Waals surface area contributed by atoms with Crippen molar-refractivity contribution in [2.75, 3.05) is 20.5 Å². The van der Waals surface area contributed by atoms with Gasteiger partial charge >= 0.3 is 11.9 Å². The molecule has 4 bridgehead atoms. The van der Waals surface area contributed by atoms with Crippen molar-refractivity contribution >= 4 is 11.9 Å². The van der Waals surface area contributed by atoms with Crippen molar-refractivity contribution in [1.29, 1.82) is 0 Å². The van der Waals surface area contributed by atoms with E-state index in [4.69, 9.17) is 18.9 Å². The number of carbonyl (C=O) groups excluding carboxylic acids is 2. The highest BCUT2D eigenvalue weighted by Gasteiger charge is 2.64. The standard InChI is InChI=1S/C18H24O6/c1-9(19)22-7-13(18(20)23-8-21-2)12-6-14-15-10-3-4-11(5-10)16(15)17(12)24-14/h3-4,10-17H,5-8H2,1-2H3. The van der Waals surface area contributed by atoms with Crippen LogP contribution >= 0.6 is 0 Å².